The van der Waals surface area contributed by atoms with E-state index in [2.05, 4.69) is 20.8 Å². The second kappa shape index (κ2) is 7.19. The lowest BCUT2D eigenvalue weighted by Crippen LogP contribution is -2.27. The van der Waals surface area contributed by atoms with Crippen LogP contribution in [0.15, 0.2) is 29.4 Å². The Morgan fingerprint density at radius 3 is 2.46 bits per heavy atom. The molecular formula is C18H23N5O2S. The van der Waals surface area contributed by atoms with Crippen molar-refractivity contribution in [2.24, 2.45) is 5.41 Å². The zero-order valence-corrected chi connectivity index (χ0v) is 16.2. The summed E-state index contributed by atoms with van der Waals surface area (Å²) in [6.07, 6.45) is 2.17. The molecule has 0 spiro atoms. The number of carbonyl (C=O) groups is 2. The normalized spacial score (nSPS) is 15.5. The molecule has 1 aromatic heterocycles. The second-order valence-electron chi connectivity index (χ2n) is 7.54. The standard InChI is InChI=1S/C18H23N5O2S/c1-11(26-17-20-21-22-23(17)14-9-10-14)15(24)12-5-7-13(8-6-12)19-16(25)18(2,3)4/h5-8,11,14H,9-10H2,1-4H3,(H,19,25). The smallest absolute Gasteiger partial charge is 0.229 e. The number of Topliss-reactive ketones (excluding diaryl/α,β-unsaturated/α-hetero) is 1. The van der Waals surface area contributed by atoms with Crippen molar-refractivity contribution in [2.75, 3.05) is 5.32 Å². The van der Waals surface area contributed by atoms with E-state index in [1.165, 1.54) is 11.8 Å². The summed E-state index contributed by atoms with van der Waals surface area (Å²) in [4.78, 5) is 24.7. The van der Waals surface area contributed by atoms with Crippen LogP contribution in [-0.2, 0) is 4.79 Å². The van der Waals surface area contributed by atoms with Crippen LogP contribution in [0.2, 0.25) is 0 Å². The summed E-state index contributed by atoms with van der Waals surface area (Å²) < 4.78 is 1.81. The van der Waals surface area contributed by atoms with Gasteiger partial charge in [-0.15, -0.1) is 5.10 Å². The van der Waals surface area contributed by atoms with Crippen LogP contribution in [0.25, 0.3) is 0 Å². The zero-order chi connectivity index (χ0) is 18.9. The number of anilines is 1. The minimum absolute atomic E-state index is 0.00837. The van der Waals surface area contributed by atoms with Crippen LogP contribution in [0.5, 0.6) is 0 Å². The van der Waals surface area contributed by atoms with Crippen LogP contribution in [0.3, 0.4) is 0 Å². The summed E-state index contributed by atoms with van der Waals surface area (Å²) in [6, 6.07) is 7.36. The molecule has 1 aromatic carbocycles. The SMILES string of the molecule is CC(Sc1nnnn1C1CC1)C(=O)c1ccc(NC(=O)C(C)(C)C)cc1. The van der Waals surface area contributed by atoms with Gasteiger partial charge in [0.25, 0.3) is 0 Å². The van der Waals surface area contributed by atoms with E-state index in [0.29, 0.717) is 22.4 Å². The number of rotatable bonds is 6. The van der Waals surface area contributed by atoms with E-state index in [1.54, 1.807) is 28.9 Å². The number of amides is 1. The van der Waals surface area contributed by atoms with Crippen molar-refractivity contribution in [3.63, 3.8) is 0 Å². The van der Waals surface area contributed by atoms with Crippen LogP contribution in [0, 0.1) is 5.41 Å². The summed E-state index contributed by atoms with van der Waals surface area (Å²) in [5.74, 6) is -0.0542. The molecule has 1 amide bonds. The predicted molar refractivity (Wildman–Crippen MR) is 100 cm³/mol. The first-order valence-electron chi connectivity index (χ1n) is 8.66. The largest absolute Gasteiger partial charge is 0.326 e. The molecule has 1 unspecified atom stereocenters. The van der Waals surface area contributed by atoms with Crippen LogP contribution < -0.4 is 5.32 Å². The number of aromatic nitrogens is 4. The molecule has 3 rings (SSSR count). The van der Waals surface area contributed by atoms with Crippen molar-refractivity contribution < 1.29 is 9.59 Å². The monoisotopic (exact) mass is 373 g/mol. The predicted octanol–water partition coefficient (Wildman–Crippen LogP) is 3.36. The van der Waals surface area contributed by atoms with E-state index < -0.39 is 5.41 Å². The number of benzene rings is 1. The molecule has 1 heterocycles. The van der Waals surface area contributed by atoms with Gasteiger partial charge in [0.1, 0.15) is 0 Å². The zero-order valence-electron chi connectivity index (χ0n) is 15.4. The van der Waals surface area contributed by atoms with E-state index in [1.807, 2.05) is 27.7 Å². The number of tetrazole rings is 1. The van der Waals surface area contributed by atoms with E-state index >= 15 is 0 Å². The van der Waals surface area contributed by atoms with Crippen molar-refractivity contribution in [3.05, 3.63) is 29.8 Å². The first-order valence-corrected chi connectivity index (χ1v) is 9.54. The Kier molecular flexibility index (Phi) is 5.13. The molecule has 1 aliphatic rings. The number of hydrogen-bond acceptors (Lipinski definition) is 6. The molecule has 138 valence electrons. The molecule has 0 bridgehead atoms. The highest BCUT2D eigenvalue weighted by Crippen LogP contribution is 2.37. The Hall–Kier alpha value is -2.22. The molecule has 1 saturated carbocycles. The molecule has 1 fully saturated rings. The van der Waals surface area contributed by atoms with Gasteiger partial charge >= 0.3 is 0 Å². The van der Waals surface area contributed by atoms with E-state index in [4.69, 9.17) is 0 Å². The van der Waals surface area contributed by atoms with E-state index in [0.717, 1.165) is 12.8 Å². The van der Waals surface area contributed by atoms with Gasteiger partial charge in [0.15, 0.2) is 5.78 Å². The molecule has 26 heavy (non-hydrogen) atoms. The highest BCUT2D eigenvalue weighted by atomic mass is 32.2. The number of nitrogens with zero attached hydrogens (tertiary/aromatic N) is 4. The molecule has 2 aromatic rings. The van der Waals surface area contributed by atoms with Gasteiger partial charge in [-0.3, -0.25) is 9.59 Å². The van der Waals surface area contributed by atoms with Crippen LogP contribution in [0.1, 0.15) is 56.9 Å². The number of hydrogen-bond donors (Lipinski definition) is 1. The minimum atomic E-state index is -0.467. The third-order valence-corrected chi connectivity index (χ3v) is 5.16. The van der Waals surface area contributed by atoms with Crippen LogP contribution >= 0.6 is 11.8 Å². The summed E-state index contributed by atoms with van der Waals surface area (Å²) in [5.41, 5.74) is 0.814. The average Bonchev–Trinajstić information content (AvgIpc) is 3.33. The molecular weight excluding hydrogens is 350 g/mol. The first kappa shape index (κ1) is 18.6. The highest BCUT2D eigenvalue weighted by molar-refractivity contribution is 8.00. The van der Waals surface area contributed by atoms with Gasteiger partial charge in [0, 0.05) is 16.7 Å². The summed E-state index contributed by atoms with van der Waals surface area (Å²) in [7, 11) is 0. The number of nitrogens with one attached hydrogen (secondary N) is 1. The second-order valence-corrected chi connectivity index (χ2v) is 8.85. The van der Waals surface area contributed by atoms with Gasteiger partial charge in [0.05, 0.1) is 11.3 Å². The Balaban J connectivity index is 1.63. The number of carbonyl (C=O) groups excluding carboxylic acids is 2. The van der Waals surface area contributed by atoms with Gasteiger partial charge in [-0.1, -0.05) is 32.5 Å². The number of thioether (sulfide) groups is 1. The maximum atomic E-state index is 12.7. The first-order chi connectivity index (χ1) is 12.3. The van der Waals surface area contributed by atoms with Gasteiger partial charge in [-0.25, -0.2) is 4.68 Å². The van der Waals surface area contributed by atoms with Crippen LogP contribution in [-0.4, -0.2) is 37.1 Å². The fourth-order valence-corrected chi connectivity index (χ4v) is 3.23. The summed E-state index contributed by atoms with van der Waals surface area (Å²) in [5, 5.41) is 15.0. The minimum Gasteiger partial charge on any atom is -0.326 e. The van der Waals surface area contributed by atoms with Gasteiger partial charge in [-0.05, 0) is 54.5 Å². The third-order valence-electron chi connectivity index (χ3n) is 4.12. The molecule has 8 heteroatoms. The van der Waals surface area contributed by atoms with E-state index in [-0.39, 0.29) is 16.9 Å². The van der Waals surface area contributed by atoms with Crippen molar-refractivity contribution in [1.29, 1.82) is 0 Å². The molecule has 0 radical (unpaired) electrons. The molecule has 1 N–H and O–H groups in total. The lowest BCUT2D eigenvalue weighted by molar-refractivity contribution is -0.123. The topological polar surface area (TPSA) is 89.8 Å². The average molecular weight is 373 g/mol. The molecule has 0 aliphatic heterocycles. The van der Waals surface area contributed by atoms with Crippen molar-refractivity contribution >= 4 is 29.1 Å². The fourth-order valence-electron chi connectivity index (χ4n) is 2.29. The van der Waals surface area contributed by atoms with Crippen molar-refractivity contribution in [3.8, 4) is 0 Å². The molecule has 1 atom stereocenters. The quantitative estimate of drug-likeness (QED) is 0.617. The van der Waals surface area contributed by atoms with Crippen molar-refractivity contribution in [2.45, 2.75) is 57.0 Å². The fraction of sp³-hybridized carbons (Fsp3) is 0.500. The summed E-state index contributed by atoms with van der Waals surface area (Å²) >= 11 is 1.37. The maximum absolute atomic E-state index is 12.7. The third kappa shape index (κ3) is 4.30. The van der Waals surface area contributed by atoms with Gasteiger partial charge < -0.3 is 5.32 Å². The van der Waals surface area contributed by atoms with E-state index in [9.17, 15) is 9.59 Å². The Morgan fingerprint density at radius 1 is 1.23 bits per heavy atom. The maximum Gasteiger partial charge on any atom is 0.229 e. The highest BCUT2D eigenvalue weighted by Gasteiger charge is 2.29. The lowest BCUT2D eigenvalue weighted by Gasteiger charge is -2.17. The summed E-state index contributed by atoms with van der Waals surface area (Å²) in [6.45, 7) is 7.42. The van der Waals surface area contributed by atoms with Crippen molar-refractivity contribution in [1.82, 2.24) is 20.2 Å². The van der Waals surface area contributed by atoms with Crippen LogP contribution in [0.4, 0.5) is 5.69 Å². The van der Waals surface area contributed by atoms with Gasteiger partial charge in [-0.2, -0.15) is 0 Å². The van der Waals surface area contributed by atoms with Gasteiger partial charge in [0.2, 0.25) is 11.1 Å². The Labute approximate surface area is 156 Å². The molecule has 7 nitrogen and oxygen atoms in total. The number of ketones is 1. The Morgan fingerprint density at radius 2 is 1.88 bits per heavy atom. The molecule has 0 saturated heterocycles. The lowest BCUT2D eigenvalue weighted by atomic mass is 9.95. The Bertz CT molecular complexity index is 806. The molecule has 1 aliphatic carbocycles.